The zero-order chi connectivity index (χ0) is 31.7. The Bertz CT molecular complexity index is 1490. The lowest BCUT2D eigenvalue weighted by molar-refractivity contribution is -0.129. The molecule has 0 spiro atoms. The molecular weight excluding hydrogens is 584 g/mol. The Morgan fingerprint density at radius 3 is 2.57 bits per heavy atom. The molecule has 1 aliphatic rings. The van der Waals surface area contributed by atoms with Crippen LogP contribution < -0.4 is 10.1 Å². The summed E-state index contributed by atoms with van der Waals surface area (Å²) < 4.78 is 39.5. The Morgan fingerprint density at radius 2 is 1.89 bits per heavy atom. The van der Waals surface area contributed by atoms with Crippen molar-refractivity contribution in [3.05, 3.63) is 90.3 Å². The van der Waals surface area contributed by atoms with Crippen LogP contribution in [0, 0.1) is 5.92 Å². The number of hydrogen-bond donors (Lipinski definition) is 2. The predicted molar refractivity (Wildman–Crippen MR) is 164 cm³/mol. The highest BCUT2D eigenvalue weighted by molar-refractivity contribution is 7.89. The molecule has 11 nitrogen and oxygen atoms in total. The Morgan fingerprint density at radius 1 is 1.14 bits per heavy atom. The van der Waals surface area contributed by atoms with Gasteiger partial charge in [-0.05, 0) is 42.2 Å². The van der Waals surface area contributed by atoms with Gasteiger partial charge in [0.05, 0.1) is 42.9 Å². The number of hydrogen-bond acceptors (Lipinski definition) is 8. The number of nitrogens with zero attached hydrogens (tertiary/aromatic N) is 3. The van der Waals surface area contributed by atoms with Crippen molar-refractivity contribution >= 4 is 22.0 Å². The summed E-state index contributed by atoms with van der Waals surface area (Å²) in [5, 5.41) is 14.4. The van der Waals surface area contributed by atoms with Crippen molar-refractivity contribution in [2.24, 2.45) is 5.92 Å². The number of sulfonamides is 1. The van der Waals surface area contributed by atoms with Crippen molar-refractivity contribution in [2.75, 3.05) is 26.7 Å². The largest absolute Gasteiger partial charge is 0.497 e. The number of ether oxygens (including phenoxy) is 2. The molecule has 0 radical (unpaired) electrons. The van der Waals surface area contributed by atoms with E-state index in [0.717, 1.165) is 12.0 Å². The first kappa shape index (κ1) is 32.9. The van der Waals surface area contributed by atoms with E-state index in [4.69, 9.17) is 9.47 Å². The van der Waals surface area contributed by atoms with Crippen molar-refractivity contribution in [2.45, 2.75) is 56.4 Å². The Kier molecular flexibility index (Phi) is 11.3. The number of aromatic nitrogens is 1. The molecule has 4 atom stereocenters. The van der Waals surface area contributed by atoms with Crippen LogP contribution >= 0.6 is 0 Å². The van der Waals surface area contributed by atoms with E-state index in [-0.39, 0.29) is 43.4 Å². The maximum Gasteiger partial charge on any atom is 0.411 e. The molecule has 12 heteroatoms. The van der Waals surface area contributed by atoms with E-state index in [1.165, 1.54) is 28.4 Å². The number of aliphatic hydroxyl groups excluding tert-OH is 1. The van der Waals surface area contributed by atoms with Crippen molar-refractivity contribution in [1.82, 2.24) is 19.5 Å². The van der Waals surface area contributed by atoms with Crippen LogP contribution in [0.4, 0.5) is 4.79 Å². The van der Waals surface area contributed by atoms with Crippen LogP contribution in [0.15, 0.2) is 83.9 Å². The summed E-state index contributed by atoms with van der Waals surface area (Å²) in [6.45, 7) is 4.01. The highest BCUT2D eigenvalue weighted by atomic mass is 32.2. The standard InChI is InChI=1S/C32H40N4O7S/c1-4-23(2)19-36(44(40,41)27-15-10-14-26(18-27)42-3)21-29(37)28(17-24-11-6-5-7-12-24)34-31(38)30-22-35(32(39)43-30)20-25-13-8-9-16-33-25/h5-16,18,23,28-30,37H,4,17,19-22H2,1-3H3,(H,34,38)/t23-,28+,29-,30?/m1/s1. The molecule has 2 N–H and O–H groups in total. The Hall–Kier alpha value is -4.00. The lowest BCUT2D eigenvalue weighted by Gasteiger charge is -2.31. The average Bonchev–Trinajstić information content (AvgIpc) is 3.40. The van der Waals surface area contributed by atoms with E-state index in [9.17, 15) is 23.1 Å². The summed E-state index contributed by atoms with van der Waals surface area (Å²) >= 11 is 0. The molecule has 44 heavy (non-hydrogen) atoms. The monoisotopic (exact) mass is 624 g/mol. The predicted octanol–water partition coefficient (Wildman–Crippen LogP) is 3.24. The summed E-state index contributed by atoms with van der Waals surface area (Å²) in [5.41, 5.74) is 1.49. The molecule has 236 valence electrons. The topological polar surface area (TPSA) is 138 Å². The van der Waals surface area contributed by atoms with Gasteiger partial charge in [-0.2, -0.15) is 4.31 Å². The van der Waals surface area contributed by atoms with E-state index in [0.29, 0.717) is 11.4 Å². The quantitative estimate of drug-likeness (QED) is 0.263. The molecule has 1 fully saturated rings. The fraction of sp³-hybridized carbons (Fsp3) is 0.406. The molecule has 1 aliphatic heterocycles. The number of methoxy groups -OCH3 is 1. The maximum absolute atomic E-state index is 13.8. The molecule has 0 aliphatic carbocycles. The average molecular weight is 625 g/mol. The van der Waals surface area contributed by atoms with Gasteiger partial charge in [0, 0.05) is 25.4 Å². The minimum absolute atomic E-state index is 0.00716. The summed E-state index contributed by atoms with van der Waals surface area (Å²) in [7, 11) is -2.57. The van der Waals surface area contributed by atoms with Crippen LogP contribution in [0.1, 0.15) is 31.5 Å². The van der Waals surface area contributed by atoms with E-state index in [1.54, 1.807) is 30.5 Å². The number of cyclic esters (lactones) is 1. The van der Waals surface area contributed by atoms with Crippen LogP contribution in [0.5, 0.6) is 5.75 Å². The molecule has 1 aromatic heterocycles. The molecule has 1 saturated heterocycles. The molecular formula is C32H40N4O7S. The minimum atomic E-state index is -4.03. The lowest BCUT2D eigenvalue weighted by Crippen LogP contribution is -2.53. The smallest absolute Gasteiger partial charge is 0.411 e. The summed E-state index contributed by atoms with van der Waals surface area (Å²) in [4.78, 5) is 31.6. The van der Waals surface area contributed by atoms with Gasteiger partial charge in [-0.15, -0.1) is 0 Å². The summed E-state index contributed by atoms with van der Waals surface area (Å²) in [6, 6.07) is 19.9. The van der Waals surface area contributed by atoms with Gasteiger partial charge in [0.25, 0.3) is 5.91 Å². The molecule has 1 unspecified atom stereocenters. The second-order valence-corrected chi connectivity index (χ2v) is 12.9. The molecule has 2 amide bonds. The lowest BCUT2D eigenvalue weighted by atomic mass is 10.0. The van der Waals surface area contributed by atoms with E-state index in [2.05, 4.69) is 10.3 Å². The zero-order valence-corrected chi connectivity index (χ0v) is 26.0. The van der Waals surface area contributed by atoms with Crippen LogP contribution in [0.3, 0.4) is 0 Å². The van der Waals surface area contributed by atoms with Crippen LogP contribution in [-0.2, 0) is 32.5 Å². The van der Waals surface area contributed by atoms with Gasteiger partial charge in [0.1, 0.15) is 5.75 Å². The van der Waals surface area contributed by atoms with Crippen LogP contribution in [0.2, 0.25) is 0 Å². The van der Waals surface area contributed by atoms with Crippen molar-refractivity contribution in [3.63, 3.8) is 0 Å². The van der Waals surface area contributed by atoms with E-state index < -0.39 is 40.3 Å². The van der Waals surface area contributed by atoms with Crippen molar-refractivity contribution < 1.29 is 32.6 Å². The second-order valence-electron chi connectivity index (χ2n) is 11.0. The molecule has 4 rings (SSSR count). The fourth-order valence-corrected chi connectivity index (χ4v) is 6.50. The Labute approximate surface area is 258 Å². The third-order valence-electron chi connectivity index (χ3n) is 7.63. The SMILES string of the molecule is CC[C@@H](C)CN(C[C@@H](O)[C@H](Cc1ccccc1)NC(=O)C1CN(Cc2ccccn2)C(=O)O1)S(=O)(=O)c1cccc(OC)c1. The maximum atomic E-state index is 13.8. The van der Waals surface area contributed by atoms with Gasteiger partial charge in [-0.25, -0.2) is 13.2 Å². The first-order chi connectivity index (χ1) is 21.1. The zero-order valence-electron chi connectivity index (χ0n) is 25.2. The highest BCUT2D eigenvalue weighted by Crippen LogP contribution is 2.24. The number of pyridine rings is 1. The van der Waals surface area contributed by atoms with E-state index >= 15 is 0 Å². The van der Waals surface area contributed by atoms with Gasteiger partial charge in [-0.3, -0.25) is 14.7 Å². The number of carbonyl (C=O) groups excluding carboxylic acids is 2. The fourth-order valence-electron chi connectivity index (χ4n) is 4.88. The molecule has 2 aromatic carbocycles. The van der Waals surface area contributed by atoms with Crippen LogP contribution in [0.25, 0.3) is 0 Å². The first-order valence-corrected chi connectivity index (χ1v) is 16.1. The first-order valence-electron chi connectivity index (χ1n) is 14.6. The summed E-state index contributed by atoms with van der Waals surface area (Å²) in [6.07, 6.45) is -0.455. The van der Waals surface area contributed by atoms with Gasteiger partial charge in [0.2, 0.25) is 10.0 Å². The van der Waals surface area contributed by atoms with Gasteiger partial charge >= 0.3 is 6.09 Å². The number of rotatable bonds is 15. The van der Waals surface area contributed by atoms with Crippen molar-refractivity contribution in [3.8, 4) is 5.75 Å². The summed E-state index contributed by atoms with van der Waals surface area (Å²) in [5.74, 6) is -0.175. The number of amides is 2. The number of carbonyl (C=O) groups is 2. The number of benzene rings is 2. The molecule has 2 heterocycles. The normalized spacial score (nSPS) is 17.2. The highest BCUT2D eigenvalue weighted by Gasteiger charge is 2.38. The van der Waals surface area contributed by atoms with E-state index in [1.807, 2.05) is 50.2 Å². The third kappa shape index (κ3) is 8.55. The Balaban J connectivity index is 1.54. The van der Waals surface area contributed by atoms with Crippen molar-refractivity contribution in [1.29, 1.82) is 0 Å². The third-order valence-corrected chi connectivity index (χ3v) is 9.46. The van der Waals surface area contributed by atoms with Gasteiger partial charge in [0.15, 0.2) is 6.10 Å². The van der Waals surface area contributed by atoms with Crippen LogP contribution in [-0.4, -0.2) is 84.7 Å². The second kappa shape index (κ2) is 15.1. The molecule has 3 aromatic rings. The van der Waals surface area contributed by atoms with Gasteiger partial charge < -0.3 is 19.9 Å². The minimum Gasteiger partial charge on any atom is -0.497 e. The molecule has 0 bridgehead atoms. The number of aliphatic hydroxyl groups is 1. The molecule has 0 saturated carbocycles. The number of nitrogens with one attached hydrogen (secondary N) is 1. The van der Waals surface area contributed by atoms with Gasteiger partial charge in [-0.1, -0.05) is 62.7 Å².